The van der Waals surface area contributed by atoms with Gasteiger partial charge in [0.15, 0.2) is 0 Å². The van der Waals surface area contributed by atoms with E-state index in [2.05, 4.69) is 76.2 Å². The van der Waals surface area contributed by atoms with Gasteiger partial charge in [0.1, 0.15) is 11.5 Å². The summed E-state index contributed by atoms with van der Waals surface area (Å²) in [6.07, 6.45) is 21.2. The fourth-order valence-electron chi connectivity index (χ4n) is 4.95. The van der Waals surface area contributed by atoms with Gasteiger partial charge in [-0.2, -0.15) is 0 Å². The fourth-order valence-corrected chi connectivity index (χ4v) is 4.95. The standard InChI is InChI=1S/C35H56O2/c1-5-7-9-11-13-15-17-19-29-36-33-25-21-31(22-26-33)35(3,4)32-23-27-34(28-24-32)37-30-20-18-16-14-12-10-8-6-2/h21-28H,5-20,29-30H2,1-4H3. The minimum absolute atomic E-state index is 0.0629. The van der Waals surface area contributed by atoms with E-state index in [0.29, 0.717) is 0 Å². The number of hydrogen-bond donors (Lipinski definition) is 0. The van der Waals surface area contributed by atoms with Gasteiger partial charge in [-0.05, 0) is 48.2 Å². The zero-order valence-electron chi connectivity index (χ0n) is 24.7. The van der Waals surface area contributed by atoms with Gasteiger partial charge >= 0.3 is 0 Å². The van der Waals surface area contributed by atoms with Crippen molar-refractivity contribution in [3.63, 3.8) is 0 Å². The van der Waals surface area contributed by atoms with Crippen LogP contribution in [0.15, 0.2) is 48.5 Å². The largest absolute Gasteiger partial charge is 0.494 e. The van der Waals surface area contributed by atoms with Crippen LogP contribution < -0.4 is 9.47 Å². The number of rotatable bonds is 22. The van der Waals surface area contributed by atoms with Crippen molar-refractivity contribution in [3.8, 4) is 11.5 Å². The molecule has 0 aliphatic heterocycles. The summed E-state index contributed by atoms with van der Waals surface area (Å²) < 4.78 is 12.0. The highest BCUT2D eigenvalue weighted by atomic mass is 16.5. The molecule has 0 bridgehead atoms. The number of unbranched alkanes of at least 4 members (excludes halogenated alkanes) is 14. The molecule has 0 aliphatic rings. The molecule has 37 heavy (non-hydrogen) atoms. The normalized spacial score (nSPS) is 11.6. The summed E-state index contributed by atoms with van der Waals surface area (Å²) in [6.45, 7) is 10.8. The lowest BCUT2D eigenvalue weighted by atomic mass is 9.78. The number of hydrogen-bond acceptors (Lipinski definition) is 2. The summed E-state index contributed by atoms with van der Waals surface area (Å²) in [5, 5.41) is 0. The van der Waals surface area contributed by atoms with Gasteiger partial charge in [-0.25, -0.2) is 0 Å². The third kappa shape index (κ3) is 12.9. The van der Waals surface area contributed by atoms with Crippen LogP contribution in [0.4, 0.5) is 0 Å². The SMILES string of the molecule is CCCCCCCCCCOc1ccc(C(C)(C)c2ccc(OCCCCCCCCCC)cc2)cc1. The van der Waals surface area contributed by atoms with Gasteiger partial charge in [0.25, 0.3) is 0 Å². The Labute approximate surface area is 229 Å². The first kappa shape index (κ1) is 31.3. The maximum absolute atomic E-state index is 6.01. The van der Waals surface area contributed by atoms with Crippen LogP contribution in [-0.4, -0.2) is 13.2 Å². The maximum Gasteiger partial charge on any atom is 0.119 e. The van der Waals surface area contributed by atoms with Crippen LogP contribution in [0.5, 0.6) is 11.5 Å². The highest BCUT2D eigenvalue weighted by Crippen LogP contribution is 2.33. The van der Waals surface area contributed by atoms with Gasteiger partial charge in [0.2, 0.25) is 0 Å². The van der Waals surface area contributed by atoms with Crippen LogP contribution in [0.25, 0.3) is 0 Å². The molecule has 0 atom stereocenters. The summed E-state index contributed by atoms with van der Waals surface area (Å²) >= 11 is 0. The van der Waals surface area contributed by atoms with Gasteiger partial charge in [-0.1, -0.05) is 142 Å². The molecule has 0 unspecified atom stereocenters. The minimum atomic E-state index is -0.0629. The van der Waals surface area contributed by atoms with Gasteiger partial charge in [-0.15, -0.1) is 0 Å². The lowest BCUT2D eigenvalue weighted by Gasteiger charge is -2.26. The van der Waals surface area contributed by atoms with E-state index in [0.717, 1.165) is 37.6 Å². The van der Waals surface area contributed by atoms with Crippen molar-refractivity contribution in [2.45, 2.75) is 136 Å². The summed E-state index contributed by atoms with van der Waals surface area (Å²) in [6, 6.07) is 17.4. The molecule has 2 aromatic rings. The van der Waals surface area contributed by atoms with Crippen molar-refractivity contribution >= 4 is 0 Å². The van der Waals surface area contributed by atoms with Crippen molar-refractivity contribution < 1.29 is 9.47 Å². The molecule has 2 heteroatoms. The molecular formula is C35H56O2. The Hall–Kier alpha value is -1.96. The molecular weight excluding hydrogens is 452 g/mol. The van der Waals surface area contributed by atoms with E-state index < -0.39 is 0 Å². The van der Waals surface area contributed by atoms with E-state index in [4.69, 9.17) is 9.47 Å². The summed E-state index contributed by atoms with van der Waals surface area (Å²) in [7, 11) is 0. The highest BCUT2D eigenvalue weighted by molar-refractivity contribution is 5.41. The Morgan fingerprint density at radius 3 is 1.05 bits per heavy atom. The van der Waals surface area contributed by atoms with Crippen molar-refractivity contribution in [3.05, 3.63) is 59.7 Å². The average Bonchev–Trinajstić information content (AvgIpc) is 2.92. The van der Waals surface area contributed by atoms with Crippen LogP contribution in [0.2, 0.25) is 0 Å². The van der Waals surface area contributed by atoms with Gasteiger partial charge in [0, 0.05) is 5.41 Å². The smallest absolute Gasteiger partial charge is 0.119 e. The predicted molar refractivity (Wildman–Crippen MR) is 161 cm³/mol. The van der Waals surface area contributed by atoms with Gasteiger partial charge < -0.3 is 9.47 Å². The highest BCUT2D eigenvalue weighted by Gasteiger charge is 2.23. The summed E-state index contributed by atoms with van der Waals surface area (Å²) in [4.78, 5) is 0. The molecule has 0 spiro atoms. The molecule has 0 aromatic heterocycles. The average molecular weight is 509 g/mol. The van der Waals surface area contributed by atoms with Crippen LogP contribution in [-0.2, 0) is 5.41 Å². The summed E-state index contributed by atoms with van der Waals surface area (Å²) in [5.41, 5.74) is 2.55. The van der Waals surface area contributed by atoms with Crippen LogP contribution >= 0.6 is 0 Å². The maximum atomic E-state index is 6.01. The van der Waals surface area contributed by atoms with E-state index in [9.17, 15) is 0 Å². The Morgan fingerprint density at radius 1 is 0.432 bits per heavy atom. The molecule has 0 amide bonds. The molecule has 2 rings (SSSR count). The van der Waals surface area contributed by atoms with Crippen LogP contribution in [0, 0.1) is 0 Å². The van der Waals surface area contributed by atoms with E-state index in [-0.39, 0.29) is 5.41 Å². The van der Waals surface area contributed by atoms with E-state index >= 15 is 0 Å². The van der Waals surface area contributed by atoms with Crippen LogP contribution in [0.1, 0.15) is 142 Å². The third-order valence-electron chi connectivity index (χ3n) is 7.69. The molecule has 0 N–H and O–H groups in total. The molecule has 208 valence electrons. The van der Waals surface area contributed by atoms with E-state index in [1.165, 1.54) is 101 Å². The van der Waals surface area contributed by atoms with Crippen molar-refractivity contribution in [2.24, 2.45) is 0 Å². The monoisotopic (exact) mass is 508 g/mol. The van der Waals surface area contributed by atoms with E-state index in [1.807, 2.05) is 0 Å². The Balaban J connectivity index is 1.67. The van der Waals surface area contributed by atoms with E-state index in [1.54, 1.807) is 0 Å². The third-order valence-corrected chi connectivity index (χ3v) is 7.69. The Morgan fingerprint density at radius 2 is 0.730 bits per heavy atom. The molecule has 2 nitrogen and oxygen atoms in total. The lowest BCUT2D eigenvalue weighted by Crippen LogP contribution is -2.18. The first-order valence-corrected chi connectivity index (χ1v) is 15.5. The lowest BCUT2D eigenvalue weighted by molar-refractivity contribution is 0.304. The zero-order chi connectivity index (χ0) is 26.6. The fraction of sp³-hybridized carbons (Fsp3) is 0.657. The molecule has 0 heterocycles. The first-order chi connectivity index (χ1) is 18.1. The molecule has 2 aromatic carbocycles. The van der Waals surface area contributed by atoms with Crippen molar-refractivity contribution in [1.82, 2.24) is 0 Å². The molecule has 0 radical (unpaired) electrons. The zero-order valence-corrected chi connectivity index (χ0v) is 24.7. The second-order valence-electron chi connectivity index (χ2n) is 11.3. The van der Waals surface area contributed by atoms with Crippen LogP contribution in [0.3, 0.4) is 0 Å². The second-order valence-corrected chi connectivity index (χ2v) is 11.3. The van der Waals surface area contributed by atoms with Crippen molar-refractivity contribution in [2.75, 3.05) is 13.2 Å². The molecule has 0 saturated carbocycles. The molecule has 0 aliphatic carbocycles. The Kier molecular flexibility index (Phi) is 16.2. The summed E-state index contributed by atoms with van der Waals surface area (Å²) in [5.74, 6) is 1.96. The van der Waals surface area contributed by atoms with Crippen molar-refractivity contribution in [1.29, 1.82) is 0 Å². The number of ether oxygens (including phenoxy) is 2. The van der Waals surface area contributed by atoms with Gasteiger partial charge in [0.05, 0.1) is 13.2 Å². The quantitative estimate of drug-likeness (QED) is 0.147. The second kappa shape index (κ2) is 19.2. The molecule has 0 saturated heterocycles. The Bertz CT molecular complexity index is 724. The predicted octanol–water partition coefficient (Wildman–Crippen LogP) is 11.1. The number of benzene rings is 2. The molecule has 0 fully saturated rings. The minimum Gasteiger partial charge on any atom is -0.494 e. The topological polar surface area (TPSA) is 18.5 Å². The first-order valence-electron chi connectivity index (χ1n) is 15.5. The van der Waals surface area contributed by atoms with Gasteiger partial charge in [-0.3, -0.25) is 0 Å².